The Bertz CT molecular complexity index is 427. The standard InChI is InChI=1S/C14H22N4O2/c1-17-6-8-18(9-7-17)14(19)13-4-3-12(11-16-13)15-5-10-20-2/h3-4,11,15H,5-10H2,1-2H3. The molecule has 1 aromatic rings. The van der Waals surface area contributed by atoms with Crippen LogP contribution in [0.2, 0.25) is 0 Å². The summed E-state index contributed by atoms with van der Waals surface area (Å²) < 4.78 is 4.97. The highest BCUT2D eigenvalue weighted by atomic mass is 16.5. The minimum Gasteiger partial charge on any atom is -0.383 e. The third-order valence-electron chi connectivity index (χ3n) is 3.41. The normalized spacial score (nSPS) is 16.2. The molecule has 6 heteroatoms. The number of nitrogens with zero attached hydrogens (tertiary/aromatic N) is 3. The van der Waals surface area contributed by atoms with Gasteiger partial charge < -0.3 is 19.9 Å². The molecular formula is C14H22N4O2. The second kappa shape index (κ2) is 7.21. The van der Waals surface area contributed by atoms with Gasteiger partial charge in [-0.15, -0.1) is 0 Å². The summed E-state index contributed by atoms with van der Waals surface area (Å²) in [5.74, 6) is 0.0153. The van der Waals surface area contributed by atoms with E-state index in [9.17, 15) is 4.79 Å². The van der Waals surface area contributed by atoms with E-state index in [0.29, 0.717) is 12.3 Å². The molecule has 1 aliphatic rings. The number of carbonyl (C=O) groups excluding carboxylic acids is 1. The van der Waals surface area contributed by atoms with Crippen molar-refractivity contribution in [1.29, 1.82) is 0 Å². The minimum absolute atomic E-state index is 0.0153. The smallest absolute Gasteiger partial charge is 0.272 e. The topological polar surface area (TPSA) is 57.7 Å². The molecule has 0 aliphatic carbocycles. The summed E-state index contributed by atoms with van der Waals surface area (Å²) in [6.07, 6.45) is 1.69. The monoisotopic (exact) mass is 278 g/mol. The summed E-state index contributed by atoms with van der Waals surface area (Å²) in [7, 11) is 3.73. The number of carbonyl (C=O) groups is 1. The molecule has 1 saturated heterocycles. The number of amides is 1. The molecule has 0 saturated carbocycles. The molecule has 0 spiro atoms. The molecule has 0 bridgehead atoms. The Morgan fingerprint density at radius 3 is 2.70 bits per heavy atom. The zero-order valence-electron chi connectivity index (χ0n) is 12.1. The summed E-state index contributed by atoms with van der Waals surface area (Å²) >= 11 is 0. The number of nitrogens with one attached hydrogen (secondary N) is 1. The fourth-order valence-corrected chi connectivity index (χ4v) is 2.09. The van der Waals surface area contributed by atoms with Crippen molar-refractivity contribution in [2.75, 3.05) is 58.8 Å². The summed E-state index contributed by atoms with van der Waals surface area (Å²) in [5.41, 5.74) is 1.41. The van der Waals surface area contributed by atoms with Crippen LogP contribution in [-0.2, 0) is 4.74 Å². The number of hydrogen-bond acceptors (Lipinski definition) is 5. The lowest BCUT2D eigenvalue weighted by atomic mass is 10.2. The van der Waals surface area contributed by atoms with Crippen LogP contribution in [0.15, 0.2) is 18.3 Å². The van der Waals surface area contributed by atoms with Gasteiger partial charge in [0, 0.05) is 39.8 Å². The molecular weight excluding hydrogens is 256 g/mol. The van der Waals surface area contributed by atoms with Gasteiger partial charge in [0.25, 0.3) is 5.91 Å². The van der Waals surface area contributed by atoms with Gasteiger partial charge in [-0.3, -0.25) is 4.79 Å². The van der Waals surface area contributed by atoms with Gasteiger partial charge in [0.15, 0.2) is 0 Å². The first-order valence-corrected chi connectivity index (χ1v) is 6.87. The lowest BCUT2D eigenvalue weighted by molar-refractivity contribution is 0.0658. The van der Waals surface area contributed by atoms with Gasteiger partial charge in [-0.2, -0.15) is 0 Å². The molecule has 110 valence electrons. The Kier molecular flexibility index (Phi) is 5.31. The zero-order valence-corrected chi connectivity index (χ0v) is 12.1. The summed E-state index contributed by atoms with van der Waals surface area (Å²) in [6, 6.07) is 3.65. The van der Waals surface area contributed by atoms with Crippen LogP contribution in [0.3, 0.4) is 0 Å². The maximum absolute atomic E-state index is 12.3. The lowest BCUT2D eigenvalue weighted by Crippen LogP contribution is -2.47. The highest BCUT2D eigenvalue weighted by Crippen LogP contribution is 2.09. The van der Waals surface area contributed by atoms with Crippen LogP contribution in [0.25, 0.3) is 0 Å². The molecule has 1 amide bonds. The number of anilines is 1. The zero-order chi connectivity index (χ0) is 14.4. The molecule has 6 nitrogen and oxygen atoms in total. The van der Waals surface area contributed by atoms with Crippen molar-refractivity contribution in [3.63, 3.8) is 0 Å². The second-order valence-electron chi connectivity index (χ2n) is 4.95. The highest BCUT2D eigenvalue weighted by Gasteiger charge is 2.20. The van der Waals surface area contributed by atoms with Crippen LogP contribution in [0.1, 0.15) is 10.5 Å². The molecule has 1 fully saturated rings. The van der Waals surface area contributed by atoms with Gasteiger partial charge >= 0.3 is 0 Å². The van der Waals surface area contributed by atoms with E-state index in [1.54, 1.807) is 19.4 Å². The van der Waals surface area contributed by atoms with Crippen LogP contribution >= 0.6 is 0 Å². The molecule has 2 heterocycles. The first kappa shape index (κ1) is 14.7. The Balaban J connectivity index is 1.90. The average molecular weight is 278 g/mol. The number of hydrogen-bond donors (Lipinski definition) is 1. The molecule has 1 N–H and O–H groups in total. The number of methoxy groups -OCH3 is 1. The first-order valence-electron chi connectivity index (χ1n) is 6.87. The molecule has 0 radical (unpaired) electrons. The van der Waals surface area contributed by atoms with Crippen LogP contribution < -0.4 is 5.32 Å². The number of likely N-dealkylation sites (N-methyl/N-ethyl adjacent to an activating group) is 1. The van der Waals surface area contributed by atoms with E-state index in [2.05, 4.69) is 22.2 Å². The number of aromatic nitrogens is 1. The predicted octanol–water partition coefficient (Wildman–Crippen LogP) is 0.528. The van der Waals surface area contributed by atoms with Gasteiger partial charge in [-0.05, 0) is 19.2 Å². The molecule has 0 aromatic carbocycles. The molecule has 1 aliphatic heterocycles. The average Bonchev–Trinajstić information content (AvgIpc) is 2.48. The third kappa shape index (κ3) is 3.91. The van der Waals surface area contributed by atoms with Crippen molar-refractivity contribution in [3.8, 4) is 0 Å². The van der Waals surface area contributed by atoms with Crippen molar-refractivity contribution in [2.45, 2.75) is 0 Å². The van der Waals surface area contributed by atoms with Gasteiger partial charge in [0.2, 0.25) is 0 Å². The quantitative estimate of drug-likeness (QED) is 0.796. The lowest BCUT2D eigenvalue weighted by Gasteiger charge is -2.32. The maximum atomic E-state index is 12.3. The van der Waals surface area contributed by atoms with E-state index >= 15 is 0 Å². The highest BCUT2D eigenvalue weighted by molar-refractivity contribution is 5.92. The summed E-state index contributed by atoms with van der Waals surface area (Å²) in [4.78, 5) is 20.6. The van der Waals surface area contributed by atoms with Crippen molar-refractivity contribution in [2.24, 2.45) is 0 Å². The van der Waals surface area contributed by atoms with Crippen molar-refractivity contribution in [3.05, 3.63) is 24.0 Å². The second-order valence-corrected chi connectivity index (χ2v) is 4.95. The van der Waals surface area contributed by atoms with E-state index in [0.717, 1.165) is 38.4 Å². The maximum Gasteiger partial charge on any atom is 0.272 e. The fourth-order valence-electron chi connectivity index (χ4n) is 2.09. The number of ether oxygens (including phenoxy) is 1. The van der Waals surface area contributed by atoms with Crippen LogP contribution in [0, 0.1) is 0 Å². The third-order valence-corrected chi connectivity index (χ3v) is 3.41. The number of piperazine rings is 1. The summed E-state index contributed by atoms with van der Waals surface area (Å²) in [5, 5.41) is 3.18. The Morgan fingerprint density at radius 1 is 1.35 bits per heavy atom. The predicted molar refractivity (Wildman–Crippen MR) is 78.0 cm³/mol. The van der Waals surface area contributed by atoms with E-state index < -0.39 is 0 Å². The van der Waals surface area contributed by atoms with E-state index in [1.165, 1.54) is 0 Å². The van der Waals surface area contributed by atoms with E-state index in [4.69, 9.17) is 4.74 Å². The van der Waals surface area contributed by atoms with Gasteiger partial charge in [-0.25, -0.2) is 4.98 Å². The van der Waals surface area contributed by atoms with Gasteiger partial charge in [0.05, 0.1) is 18.5 Å². The van der Waals surface area contributed by atoms with E-state index in [1.807, 2.05) is 11.0 Å². The van der Waals surface area contributed by atoms with Crippen molar-refractivity contribution >= 4 is 11.6 Å². The number of rotatable bonds is 5. The molecule has 1 aromatic heterocycles. The Hall–Kier alpha value is -1.66. The Labute approximate surface area is 119 Å². The van der Waals surface area contributed by atoms with Gasteiger partial charge in [0.1, 0.15) is 5.69 Å². The van der Waals surface area contributed by atoms with Crippen LogP contribution in [0.5, 0.6) is 0 Å². The minimum atomic E-state index is 0.0153. The largest absolute Gasteiger partial charge is 0.383 e. The fraction of sp³-hybridized carbons (Fsp3) is 0.571. The van der Waals surface area contributed by atoms with Crippen LogP contribution in [0.4, 0.5) is 5.69 Å². The van der Waals surface area contributed by atoms with Gasteiger partial charge in [-0.1, -0.05) is 0 Å². The van der Waals surface area contributed by atoms with Crippen molar-refractivity contribution < 1.29 is 9.53 Å². The molecule has 2 rings (SSSR count). The van der Waals surface area contributed by atoms with Crippen molar-refractivity contribution in [1.82, 2.24) is 14.8 Å². The van der Waals surface area contributed by atoms with E-state index in [-0.39, 0.29) is 5.91 Å². The molecule has 0 unspecified atom stereocenters. The first-order chi connectivity index (χ1) is 9.70. The Morgan fingerprint density at radius 2 is 2.10 bits per heavy atom. The molecule has 0 atom stereocenters. The summed E-state index contributed by atoms with van der Waals surface area (Å²) in [6.45, 7) is 4.74. The SMILES string of the molecule is COCCNc1ccc(C(=O)N2CCN(C)CC2)nc1. The van der Waals surface area contributed by atoms with Crippen LogP contribution in [-0.4, -0.2) is 74.2 Å². The molecule has 20 heavy (non-hydrogen) atoms. The number of pyridine rings is 1.